The maximum atomic E-state index is 11.8. The largest absolute Gasteiger partial charge is 0.323 e. The summed E-state index contributed by atoms with van der Waals surface area (Å²) in [5.74, 6) is 0. The Balaban J connectivity index is 2.03. The highest BCUT2D eigenvalue weighted by atomic mass is 79.9. The van der Waals surface area contributed by atoms with E-state index >= 15 is 0 Å². The highest BCUT2D eigenvalue weighted by Gasteiger charge is 2.07. The van der Waals surface area contributed by atoms with E-state index < -0.39 is 15.9 Å². The first-order chi connectivity index (χ1) is 9.84. The Kier molecular flexibility index (Phi) is 4.64. The van der Waals surface area contributed by atoms with E-state index in [-0.39, 0.29) is 4.90 Å². The molecule has 7 heteroatoms. The quantitative estimate of drug-likeness (QED) is 0.870. The zero-order valence-electron chi connectivity index (χ0n) is 11.1. The van der Waals surface area contributed by atoms with E-state index in [4.69, 9.17) is 0 Å². The summed E-state index contributed by atoms with van der Waals surface area (Å²) >= 11 is 3.32. The molecule has 0 saturated carbocycles. The van der Waals surface area contributed by atoms with Gasteiger partial charge in [0.15, 0.2) is 9.84 Å². The van der Waals surface area contributed by atoms with Crippen LogP contribution in [0.15, 0.2) is 57.9 Å². The smallest absolute Gasteiger partial charge is 0.308 e. The van der Waals surface area contributed by atoms with Gasteiger partial charge in [0.2, 0.25) is 0 Å². The van der Waals surface area contributed by atoms with Crippen molar-refractivity contribution in [3.8, 4) is 0 Å². The lowest BCUT2D eigenvalue weighted by molar-refractivity contribution is 0.262. The molecule has 2 N–H and O–H groups in total. The summed E-state index contributed by atoms with van der Waals surface area (Å²) in [6.07, 6.45) is 1.13. The van der Waals surface area contributed by atoms with Crippen LogP contribution in [0.2, 0.25) is 0 Å². The summed E-state index contributed by atoms with van der Waals surface area (Å²) in [6.45, 7) is 0. The molecular formula is C14H13BrN2O3S. The van der Waals surface area contributed by atoms with Crippen molar-refractivity contribution >= 4 is 43.2 Å². The van der Waals surface area contributed by atoms with Gasteiger partial charge >= 0.3 is 6.03 Å². The number of carbonyl (C=O) groups excluding carboxylic acids is 1. The van der Waals surface area contributed by atoms with E-state index in [1.165, 1.54) is 24.3 Å². The molecule has 0 fully saturated rings. The molecule has 0 aliphatic carbocycles. The highest BCUT2D eigenvalue weighted by Crippen LogP contribution is 2.17. The van der Waals surface area contributed by atoms with Crippen LogP contribution in [0.5, 0.6) is 0 Å². The molecule has 110 valence electrons. The van der Waals surface area contributed by atoms with Crippen LogP contribution in [0.3, 0.4) is 0 Å². The van der Waals surface area contributed by atoms with Crippen molar-refractivity contribution in [1.29, 1.82) is 0 Å². The fourth-order valence-electron chi connectivity index (χ4n) is 1.65. The van der Waals surface area contributed by atoms with Gasteiger partial charge in [-0.25, -0.2) is 13.2 Å². The van der Waals surface area contributed by atoms with Crippen molar-refractivity contribution in [1.82, 2.24) is 0 Å². The standard InChI is InChI=1S/C14H13BrN2O3S/c1-21(19,20)13-7-5-11(6-8-13)16-14(18)17-12-4-2-3-10(15)9-12/h2-9H,1H3,(H2,16,17,18). The average molecular weight is 369 g/mol. The molecule has 0 spiro atoms. The molecule has 0 saturated heterocycles. The molecule has 21 heavy (non-hydrogen) atoms. The van der Waals surface area contributed by atoms with Gasteiger partial charge in [0.1, 0.15) is 0 Å². The first-order valence-electron chi connectivity index (χ1n) is 5.98. The Labute approximate surface area is 131 Å². The Morgan fingerprint density at radius 1 is 1.00 bits per heavy atom. The predicted molar refractivity (Wildman–Crippen MR) is 86.3 cm³/mol. The summed E-state index contributed by atoms with van der Waals surface area (Å²) in [7, 11) is -3.23. The number of hydrogen-bond donors (Lipinski definition) is 2. The zero-order valence-corrected chi connectivity index (χ0v) is 13.5. The third-order valence-electron chi connectivity index (χ3n) is 2.62. The van der Waals surface area contributed by atoms with Crippen molar-refractivity contribution < 1.29 is 13.2 Å². The molecule has 0 atom stereocenters. The van der Waals surface area contributed by atoms with Gasteiger partial charge in [-0.05, 0) is 42.5 Å². The van der Waals surface area contributed by atoms with Gasteiger partial charge in [0.05, 0.1) is 4.90 Å². The molecule has 2 rings (SSSR count). The number of urea groups is 1. The van der Waals surface area contributed by atoms with Crippen LogP contribution in [0.25, 0.3) is 0 Å². The van der Waals surface area contributed by atoms with E-state index in [0.717, 1.165) is 10.7 Å². The van der Waals surface area contributed by atoms with Crippen molar-refractivity contribution in [3.05, 3.63) is 53.0 Å². The monoisotopic (exact) mass is 368 g/mol. The minimum absolute atomic E-state index is 0.209. The van der Waals surface area contributed by atoms with Crippen molar-refractivity contribution in [2.24, 2.45) is 0 Å². The SMILES string of the molecule is CS(=O)(=O)c1ccc(NC(=O)Nc2cccc(Br)c2)cc1. The van der Waals surface area contributed by atoms with Gasteiger partial charge in [0, 0.05) is 22.1 Å². The number of carbonyl (C=O) groups is 1. The first kappa shape index (κ1) is 15.5. The molecule has 0 aliphatic heterocycles. The number of hydrogen-bond acceptors (Lipinski definition) is 3. The second-order valence-corrected chi connectivity index (χ2v) is 7.32. The summed E-state index contributed by atoms with van der Waals surface area (Å²) in [5, 5.41) is 5.31. The molecule has 0 heterocycles. The average Bonchev–Trinajstić information content (AvgIpc) is 2.38. The van der Waals surface area contributed by atoms with E-state index in [0.29, 0.717) is 11.4 Å². The Morgan fingerprint density at radius 3 is 2.19 bits per heavy atom. The first-order valence-corrected chi connectivity index (χ1v) is 8.67. The Morgan fingerprint density at radius 2 is 1.62 bits per heavy atom. The third-order valence-corrected chi connectivity index (χ3v) is 4.24. The molecule has 0 unspecified atom stereocenters. The minimum atomic E-state index is -3.23. The van der Waals surface area contributed by atoms with Gasteiger partial charge < -0.3 is 10.6 Å². The molecule has 0 aliphatic rings. The lowest BCUT2D eigenvalue weighted by Crippen LogP contribution is -2.19. The van der Waals surface area contributed by atoms with Crippen LogP contribution in [0.4, 0.5) is 16.2 Å². The van der Waals surface area contributed by atoms with Crippen LogP contribution in [-0.4, -0.2) is 20.7 Å². The fourth-order valence-corrected chi connectivity index (χ4v) is 2.67. The Bertz CT molecular complexity index is 758. The summed E-state index contributed by atoms with van der Waals surface area (Å²) in [4.78, 5) is 12.0. The molecule has 2 aromatic carbocycles. The molecule has 2 amide bonds. The van der Waals surface area contributed by atoms with Crippen LogP contribution in [-0.2, 0) is 9.84 Å². The van der Waals surface area contributed by atoms with Crippen molar-refractivity contribution in [2.45, 2.75) is 4.90 Å². The maximum Gasteiger partial charge on any atom is 0.323 e. The molecule has 5 nitrogen and oxygen atoms in total. The van der Waals surface area contributed by atoms with Gasteiger partial charge in [-0.3, -0.25) is 0 Å². The number of nitrogens with one attached hydrogen (secondary N) is 2. The minimum Gasteiger partial charge on any atom is -0.308 e. The molecule has 0 aromatic heterocycles. The number of anilines is 2. The van der Waals surface area contributed by atoms with Gasteiger partial charge in [0.25, 0.3) is 0 Å². The molecule has 2 aromatic rings. The normalized spacial score (nSPS) is 11.0. The van der Waals surface area contributed by atoms with E-state index in [1.54, 1.807) is 18.2 Å². The van der Waals surface area contributed by atoms with Crippen LogP contribution >= 0.6 is 15.9 Å². The van der Waals surface area contributed by atoms with E-state index in [9.17, 15) is 13.2 Å². The second kappa shape index (κ2) is 6.28. The molecular weight excluding hydrogens is 356 g/mol. The number of amides is 2. The number of benzene rings is 2. The van der Waals surface area contributed by atoms with Gasteiger partial charge in [-0.2, -0.15) is 0 Å². The molecule has 0 bridgehead atoms. The van der Waals surface area contributed by atoms with Crippen LogP contribution < -0.4 is 10.6 Å². The van der Waals surface area contributed by atoms with Crippen molar-refractivity contribution in [3.63, 3.8) is 0 Å². The number of rotatable bonds is 3. The molecule has 0 radical (unpaired) electrons. The van der Waals surface area contributed by atoms with E-state index in [1.807, 2.05) is 6.07 Å². The van der Waals surface area contributed by atoms with E-state index in [2.05, 4.69) is 26.6 Å². The summed E-state index contributed by atoms with van der Waals surface area (Å²) in [6, 6.07) is 12.8. The van der Waals surface area contributed by atoms with Gasteiger partial charge in [-0.15, -0.1) is 0 Å². The van der Waals surface area contributed by atoms with Crippen LogP contribution in [0, 0.1) is 0 Å². The highest BCUT2D eigenvalue weighted by molar-refractivity contribution is 9.10. The van der Waals surface area contributed by atoms with Crippen LogP contribution in [0.1, 0.15) is 0 Å². The third kappa shape index (κ3) is 4.57. The van der Waals surface area contributed by atoms with Gasteiger partial charge in [-0.1, -0.05) is 22.0 Å². The lowest BCUT2D eigenvalue weighted by atomic mass is 10.3. The summed E-state index contributed by atoms with van der Waals surface area (Å²) < 4.78 is 23.5. The maximum absolute atomic E-state index is 11.8. The lowest BCUT2D eigenvalue weighted by Gasteiger charge is -2.08. The number of halogens is 1. The number of sulfone groups is 1. The fraction of sp³-hybridized carbons (Fsp3) is 0.0714. The predicted octanol–water partition coefficient (Wildman–Crippen LogP) is 3.50. The zero-order chi connectivity index (χ0) is 15.5. The topological polar surface area (TPSA) is 75.3 Å². The van der Waals surface area contributed by atoms with Crippen molar-refractivity contribution in [2.75, 3.05) is 16.9 Å². The Hall–Kier alpha value is -1.86. The summed E-state index contributed by atoms with van der Waals surface area (Å²) in [5.41, 5.74) is 1.16. The second-order valence-electron chi connectivity index (χ2n) is 4.39.